The molecule has 0 unspecified atom stereocenters. The van der Waals surface area contributed by atoms with Gasteiger partial charge in [0.05, 0.1) is 0 Å². The third-order valence-electron chi connectivity index (χ3n) is 4.27. The molecule has 2 aromatic carbocycles. The van der Waals surface area contributed by atoms with E-state index >= 15 is 0 Å². The lowest BCUT2D eigenvalue weighted by molar-refractivity contribution is 0.0736. The van der Waals surface area contributed by atoms with E-state index in [0.29, 0.717) is 18.7 Å². The van der Waals surface area contributed by atoms with Gasteiger partial charge in [0.25, 0.3) is 0 Å². The van der Waals surface area contributed by atoms with Crippen molar-refractivity contribution in [2.24, 2.45) is 0 Å². The first-order chi connectivity index (χ1) is 10.7. The number of nitrogens with one attached hydrogen (secondary N) is 1. The smallest absolute Gasteiger partial charge is 0.240 e. The second-order valence-electron chi connectivity index (χ2n) is 5.65. The lowest BCUT2D eigenvalue weighted by Crippen LogP contribution is -2.45. The Kier molecular flexibility index (Phi) is 6.16. The summed E-state index contributed by atoms with van der Waals surface area (Å²) < 4.78 is 26.3. The van der Waals surface area contributed by atoms with Gasteiger partial charge >= 0.3 is 0 Å². The summed E-state index contributed by atoms with van der Waals surface area (Å²) in [6.45, 7) is 2.98. The van der Waals surface area contributed by atoms with Gasteiger partial charge in [0, 0.05) is 44.2 Å². The van der Waals surface area contributed by atoms with E-state index in [9.17, 15) is 13.9 Å². The summed E-state index contributed by atoms with van der Waals surface area (Å²) in [5.74, 6) is 0.0999. The van der Waals surface area contributed by atoms with E-state index in [1.165, 1.54) is 0 Å². The zero-order valence-electron chi connectivity index (χ0n) is 12.7. The minimum absolute atomic E-state index is 0. The van der Waals surface area contributed by atoms with Crippen LogP contribution in [0.4, 0.5) is 8.78 Å². The van der Waals surface area contributed by atoms with E-state index in [1.807, 2.05) is 35.2 Å². The fourth-order valence-electron chi connectivity index (χ4n) is 3.25. The first-order valence-electron chi connectivity index (χ1n) is 7.60. The molecule has 1 atom stereocenters. The second-order valence-corrected chi connectivity index (χ2v) is 5.65. The largest absolute Gasteiger partial charge is 0.508 e. The number of hydrogen-bond donors (Lipinski definition) is 2. The fourth-order valence-corrected chi connectivity index (χ4v) is 3.25. The Morgan fingerprint density at radius 1 is 1.09 bits per heavy atom. The van der Waals surface area contributed by atoms with Crippen molar-refractivity contribution in [3.8, 4) is 5.75 Å². The molecule has 1 heterocycles. The number of benzene rings is 2. The predicted octanol–water partition coefficient (Wildman–Crippen LogP) is 3.57. The minimum Gasteiger partial charge on any atom is -0.508 e. The predicted molar refractivity (Wildman–Crippen MR) is 90.7 cm³/mol. The molecule has 1 fully saturated rings. The molecule has 6 heteroatoms. The van der Waals surface area contributed by atoms with Crippen LogP contribution in [-0.4, -0.2) is 42.6 Å². The standard InChI is InChI=1S/C17H20F2N2O.ClH/c18-16(19)11-14(21-9-7-20-8-10-21)17-13-4-2-1-3-12(13)5-6-15(17)22;/h1-6,14,16,20,22H,7-11H2;1H/t14-;/m1./s1. The zero-order chi connectivity index (χ0) is 15.5. The summed E-state index contributed by atoms with van der Waals surface area (Å²) in [5, 5.41) is 15.4. The molecule has 0 saturated carbocycles. The van der Waals surface area contributed by atoms with E-state index in [2.05, 4.69) is 5.32 Å². The van der Waals surface area contributed by atoms with E-state index in [1.54, 1.807) is 6.07 Å². The maximum Gasteiger partial charge on any atom is 0.240 e. The molecule has 1 saturated heterocycles. The van der Waals surface area contributed by atoms with Crippen LogP contribution in [0, 0.1) is 0 Å². The number of hydrogen-bond acceptors (Lipinski definition) is 3. The van der Waals surface area contributed by atoms with Crippen LogP contribution in [0.2, 0.25) is 0 Å². The number of phenolic OH excluding ortho intramolecular Hbond substituents is 1. The molecule has 0 bridgehead atoms. The zero-order valence-corrected chi connectivity index (χ0v) is 13.5. The highest BCUT2D eigenvalue weighted by molar-refractivity contribution is 5.88. The Bertz CT molecular complexity index is 648. The van der Waals surface area contributed by atoms with Crippen molar-refractivity contribution in [2.45, 2.75) is 18.9 Å². The highest BCUT2D eigenvalue weighted by atomic mass is 35.5. The SMILES string of the molecule is Cl.Oc1ccc2ccccc2c1[C@@H](CC(F)F)N1CCNCC1. The molecule has 2 N–H and O–H groups in total. The molecule has 0 aliphatic carbocycles. The number of piperazine rings is 1. The summed E-state index contributed by atoms with van der Waals surface area (Å²) in [6, 6.07) is 10.6. The molecule has 0 radical (unpaired) electrons. The summed E-state index contributed by atoms with van der Waals surface area (Å²) >= 11 is 0. The van der Waals surface area contributed by atoms with Crippen molar-refractivity contribution in [1.82, 2.24) is 10.2 Å². The average Bonchev–Trinajstić information content (AvgIpc) is 2.54. The van der Waals surface area contributed by atoms with Crippen molar-refractivity contribution >= 4 is 23.2 Å². The normalized spacial score (nSPS) is 17.2. The number of fused-ring (bicyclic) bond motifs is 1. The van der Waals surface area contributed by atoms with Gasteiger partial charge < -0.3 is 10.4 Å². The Morgan fingerprint density at radius 2 is 1.78 bits per heavy atom. The van der Waals surface area contributed by atoms with Crippen LogP contribution in [-0.2, 0) is 0 Å². The Balaban J connectivity index is 0.00000192. The molecule has 126 valence electrons. The van der Waals surface area contributed by atoms with Crippen LogP contribution in [0.15, 0.2) is 36.4 Å². The van der Waals surface area contributed by atoms with Gasteiger partial charge in [-0.25, -0.2) is 8.78 Å². The summed E-state index contributed by atoms with van der Waals surface area (Å²) in [4.78, 5) is 2.05. The molecule has 3 rings (SSSR count). The van der Waals surface area contributed by atoms with Crippen molar-refractivity contribution in [2.75, 3.05) is 26.2 Å². The monoisotopic (exact) mass is 342 g/mol. The van der Waals surface area contributed by atoms with Gasteiger partial charge in [-0.1, -0.05) is 30.3 Å². The first kappa shape index (κ1) is 17.9. The fraction of sp³-hybridized carbons (Fsp3) is 0.412. The van der Waals surface area contributed by atoms with Gasteiger partial charge in [-0.2, -0.15) is 0 Å². The van der Waals surface area contributed by atoms with E-state index in [0.717, 1.165) is 23.9 Å². The highest BCUT2D eigenvalue weighted by Gasteiger charge is 2.28. The Hall–Kier alpha value is -1.43. The van der Waals surface area contributed by atoms with Gasteiger partial charge in [0.15, 0.2) is 0 Å². The molecule has 0 aromatic heterocycles. The number of nitrogens with zero attached hydrogens (tertiary/aromatic N) is 1. The topological polar surface area (TPSA) is 35.5 Å². The molecule has 1 aliphatic rings. The van der Waals surface area contributed by atoms with Crippen LogP contribution in [0.25, 0.3) is 10.8 Å². The van der Waals surface area contributed by atoms with E-state index in [-0.39, 0.29) is 24.6 Å². The summed E-state index contributed by atoms with van der Waals surface area (Å²) in [6.07, 6.45) is -2.67. The van der Waals surface area contributed by atoms with Crippen molar-refractivity contribution in [3.05, 3.63) is 42.0 Å². The van der Waals surface area contributed by atoms with Crippen LogP contribution in [0.3, 0.4) is 0 Å². The van der Waals surface area contributed by atoms with Crippen LogP contribution >= 0.6 is 12.4 Å². The van der Waals surface area contributed by atoms with Gasteiger partial charge in [0.1, 0.15) is 5.75 Å². The molecular formula is C17H21ClF2N2O. The minimum atomic E-state index is -2.40. The van der Waals surface area contributed by atoms with Crippen LogP contribution in [0.1, 0.15) is 18.0 Å². The van der Waals surface area contributed by atoms with Crippen molar-refractivity contribution in [3.63, 3.8) is 0 Å². The Morgan fingerprint density at radius 3 is 2.48 bits per heavy atom. The van der Waals surface area contributed by atoms with Gasteiger partial charge in [-0.15, -0.1) is 12.4 Å². The molecule has 23 heavy (non-hydrogen) atoms. The average molecular weight is 343 g/mol. The van der Waals surface area contributed by atoms with Crippen molar-refractivity contribution in [1.29, 1.82) is 0 Å². The molecular weight excluding hydrogens is 322 g/mol. The molecule has 2 aromatic rings. The first-order valence-corrected chi connectivity index (χ1v) is 7.60. The lowest BCUT2D eigenvalue weighted by atomic mass is 9.94. The number of rotatable bonds is 4. The summed E-state index contributed by atoms with van der Waals surface area (Å²) in [7, 11) is 0. The number of halogens is 3. The third kappa shape index (κ3) is 3.91. The number of phenols is 1. The van der Waals surface area contributed by atoms with Gasteiger partial charge in [0.2, 0.25) is 6.43 Å². The summed E-state index contributed by atoms with van der Waals surface area (Å²) in [5.41, 5.74) is 0.625. The maximum absolute atomic E-state index is 13.1. The van der Waals surface area contributed by atoms with Crippen LogP contribution in [0.5, 0.6) is 5.75 Å². The van der Waals surface area contributed by atoms with Crippen molar-refractivity contribution < 1.29 is 13.9 Å². The Labute approximate surface area is 140 Å². The number of aromatic hydroxyl groups is 1. The maximum atomic E-state index is 13.1. The highest BCUT2D eigenvalue weighted by Crippen LogP contribution is 2.38. The van der Waals surface area contributed by atoms with Crippen LogP contribution < -0.4 is 5.32 Å². The molecule has 0 spiro atoms. The van der Waals surface area contributed by atoms with E-state index in [4.69, 9.17) is 0 Å². The second kappa shape index (κ2) is 7.90. The quantitative estimate of drug-likeness (QED) is 0.891. The lowest BCUT2D eigenvalue weighted by Gasteiger charge is -2.36. The molecule has 3 nitrogen and oxygen atoms in total. The van der Waals surface area contributed by atoms with Gasteiger partial charge in [-0.05, 0) is 16.8 Å². The molecule has 0 amide bonds. The number of alkyl halides is 2. The van der Waals surface area contributed by atoms with Gasteiger partial charge in [-0.3, -0.25) is 4.90 Å². The third-order valence-corrected chi connectivity index (χ3v) is 4.27. The van der Waals surface area contributed by atoms with E-state index < -0.39 is 12.5 Å². The molecule has 1 aliphatic heterocycles.